The van der Waals surface area contributed by atoms with Gasteiger partial charge in [-0.25, -0.2) is 0 Å². The molecule has 0 bridgehead atoms. The molecular formula is C12H17N3. The zero-order valence-corrected chi connectivity index (χ0v) is 9.03. The first-order chi connectivity index (χ1) is 7.34. The number of fused-ring (bicyclic) bond motifs is 3. The molecule has 3 nitrogen and oxygen atoms in total. The van der Waals surface area contributed by atoms with Crippen molar-refractivity contribution in [3.05, 3.63) is 24.3 Å². The Morgan fingerprint density at radius 3 is 3.07 bits per heavy atom. The summed E-state index contributed by atoms with van der Waals surface area (Å²) in [6.45, 7) is 5.50. The second-order valence-electron chi connectivity index (χ2n) is 4.51. The van der Waals surface area contributed by atoms with Gasteiger partial charge in [-0.2, -0.15) is 0 Å². The minimum Gasteiger partial charge on any atom is -0.381 e. The van der Waals surface area contributed by atoms with E-state index in [0.717, 1.165) is 19.6 Å². The number of anilines is 2. The number of nitrogens with zero attached hydrogens (tertiary/aromatic N) is 1. The number of hydrogen-bond acceptors (Lipinski definition) is 3. The van der Waals surface area contributed by atoms with Crippen LogP contribution in [0.1, 0.15) is 6.92 Å². The van der Waals surface area contributed by atoms with Crippen molar-refractivity contribution in [2.75, 3.05) is 29.9 Å². The third-order valence-electron chi connectivity index (χ3n) is 3.35. The summed E-state index contributed by atoms with van der Waals surface area (Å²) in [5.41, 5.74) is 2.64. The molecule has 2 aliphatic rings. The van der Waals surface area contributed by atoms with Crippen LogP contribution in [0.25, 0.3) is 0 Å². The van der Waals surface area contributed by atoms with E-state index in [0.29, 0.717) is 12.1 Å². The molecule has 0 aliphatic carbocycles. The Morgan fingerprint density at radius 2 is 2.13 bits per heavy atom. The lowest BCUT2D eigenvalue weighted by Crippen LogP contribution is -2.59. The molecule has 1 aromatic carbocycles. The highest BCUT2D eigenvalue weighted by atomic mass is 15.3. The SMILES string of the molecule is C[C@H]1CN2c3ccccc3NC[C@H]2CN1. The third-order valence-corrected chi connectivity index (χ3v) is 3.35. The topological polar surface area (TPSA) is 27.3 Å². The maximum absolute atomic E-state index is 3.53. The highest BCUT2D eigenvalue weighted by Crippen LogP contribution is 2.31. The van der Waals surface area contributed by atoms with Crippen LogP contribution >= 0.6 is 0 Å². The van der Waals surface area contributed by atoms with Gasteiger partial charge < -0.3 is 15.5 Å². The summed E-state index contributed by atoms with van der Waals surface area (Å²) < 4.78 is 0. The molecule has 0 unspecified atom stereocenters. The molecule has 1 saturated heterocycles. The lowest BCUT2D eigenvalue weighted by molar-refractivity contribution is 0.413. The first-order valence-electron chi connectivity index (χ1n) is 5.67. The molecule has 80 valence electrons. The quantitative estimate of drug-likeness (QED) is 0.665. The number of nitrogens with one attached hydrogen (secondary N) is 2. The fraction of sp³-hybridized carbons (Fsp3) is 0.500. The Hall–Kier alpha value is -1.22. The number of hydrogen-bond donors (Lipinski definition) is 2. The van der Waals surface area contributed by atoms with Gasteiger partial charge in [0.05, 0.1) is 17.4 Å². The average Bonchev–Trinajstić information content (AvgIpc) is 2.29. The highest BCUT2D eigenvalue weighted by Gasteiger charge is 2.30. The Morgan fingerprint density at radius 1 is 1.27 bits per heavy atom. The van der Waals surface area contributed by atoms with Gasteiger partial charge in [-0.15, -0.1) is 0 Å². The minimum atomic E-state index is 0.590. The van der Waals surface area contributed by atoms with Crippen molar-refractivity contribution in [3.63, 3.8) is 0 Å². The van der Waals surface area contributed by atoms with Gasteiger partial charge in [0.25, 0.3) is 0 Å². The van der Waals surface area contributed by atoms with Crippen LogP contribution in [0, 0.1) is 0 Å². The van der Waals surface area contributed by atoms with Crippen LogP contribution in [0.2, 0.25) is 0 Å². The largest absolute Gasteiger partial charge is 0.381 e. The van der Waals surface area contributed by atoms with E-state index in [4.69, 9.17) is 0 Å². The Kier molecular flexibility index (Phi) is 2.06. The molecular weight excluding hydrogens is 186 g/mol. The summed E-state index contributed by atoms with van der Waals surface area (Å²) in [4.78, 5) is 2.53. The molecule has 0 radical (unpaired) electrons. The predicted octanol–water partition coefficient (Wildman–Crippen LogP) is 1.28. The van der Waals surface area contributed by atoms with Gasteiger partial charge in [0.2, 0.25) is 0 Å². The van der Waals surface area contributed by atoms with Gasteiger partial charge in [-0.1, -0.05) is 12.1 Å². The van der Waals surface area contributed by atoms with E-state index < -0.39 is 0 Å². The molecule has 3 rings (SSSR count). The predicted molar refractivity (Wildman–Crippen MR) is 63.5 cm³/mol. The average molecular weight is 203 g/mol. The number of para-hydroxylation sites is 2. The molecule has 2 atom stereocenters. The maximum atomic E-state index is 3.53. The van der Waals surface area contributed by atoms with E-state index in [2.05, 4.69) is 46.7 Å². The van der Waals surface area contributed by atoms with E-state index in [-0.39, 0.29) is 0 Å². The lowest BCUT2D eigenvalue weighted by Gasteiger charge is -2.45. The van der Waals surface area contributed by atoms with Crippen LogP contribution in [0.4, 0.5) is 11.4 Å². The molecule has 2 heterocycles. The first-order valence-corrected chi connectivity index (χ1v) is 5.67. The van der Waals surface area contributed by atoms with Crippen molar-refractivity contribution >= 4 is 11.4 Å². The number of piperazine rings is 1. The van der Waals surface area contributed by atoms with Gasteiger partial charge in [-0.05, 0) is 19.1 Å². The van der Waals surface area contributed by atoms with E-state index >= 15 is 0 Å². The maximum Gasteiger partial charge on any atom is 0.0606 e. The second-order valence-corrected chi connectivity index (χ2v) is 4.51. The lowest BCUT2D eigenvalue weighted by atomic mass is 10.0. The van der Waals surface area contributed by atoms with Gasteiger partial charge >= 0.3 is 0 Å². The standard InChI is InChI=1S/C12H17N3/c1-9-8-15-10(6-13-9)7-14-11-4-2-3-5-12(11)15/h2-5,9-10,13-14H,6-8H2,1H3/t9-,10+/m0/s1. The molecule has 0 amide bonds. The normalized spacial score (nSPS) is 29.0. The van der Waals surface area contributed by atoms with Gasteiger partial charge in [0, 0.05) is 25.7 Å². The molecule has 3 heteroatoms. The van der Waals surface area contributed by atoms with Crippen LogP contribution in [-0.4, -0.2) is 31.7 Å². The van der Waals surface area contributed by atoms with Crippen molar-refractivity contribution in [2.45, 2.75) is 19.0 Å². The van der Waals surface area contributed by atoms with Crippen LogP contribution in [-0.2, 0) is 0 Å². The van der Waals surface area contributed by atoms with E-state index in [9.17, 15) is 0 Å². The zero-order chi connectivity index (χ0) is 10.3. The Balaban J connectivity index is 1.96. The summed E-state index contributed by atoms with van der Waals surface area (Å²) >= 11 is 0. The van der Waals surface area contributed by atoms with E-state index in [1.165, 1.54) is 11.4 Å². The van der Waals surface area contributed by atoms with Gasteiger partial charge in [0.1, 0.15) is 0 Å². The molecule has 1 aromatic rings. The van der Waals surface area contributed by atoms with Crippen LogP contribution < -0.4 is 15.5 Å². The molecule has 2 N–H and O–H groups in total. The van der Waals surface area contributed by atoms with E-state index in [1.54, 1.807) is 0 Å². The van der Waals surface area contributed by atoms with Crippen molar-refractivity contribution in [1.82, 2.24) is 5.32 Å². The molecule has 15 heavy (non-hydrogen) atoms. The summed E-state index contributed by atoms with van der Waals surface area (Å²) in [6, 6.07) is 9.79. The van der Waals surface area contributed by atoms with Crippen molar-refractivity contribution < 1.29 is 0 Å². The fourth-order valence-corrected chi connectivity index (χ4v) is 2.53. The summed E-state index contributed by atoms with van der Waals surface area (Å²) in [5.74, 6) is 0. The summed E-state index contributed by atoms with van der Waals surface area (Å²) in [6.07, 6.45) is 0. The molecule has 0 saturated carbocycles. The Labute approximate surface area is 90.5 Å². The van der Waals surface area contributed by atoms with E-state index in [1.807, 2.05) is 0 Å². The van der Waals surface area contributed by atoms with Crippen molar-refractivity contribution in [1.29, 1.82) is 0 Å². The minimum absolute atomic E-state index is 0.590. The van der Waals surface area contributed by atoms with Crippen molar-refractivity contribution in [3.8, 4) is 0 Å². The zero-order valence-electron chi connectivity index (χ0n) is 9.03. The van der Waals surface area contributed by atoms with Gasteiger partial charge in [-0.3, -0.25) is 0 Å². The molecule has 0 aromatic heterocycles. The first kappa shape index (κ1) is 9.04. The fourth-order valence-electron chi connectivity index (χ4n) is 2.53. The Bertz CT molecular complexity index is 364. The number of rotatable bonds is 0. The third kappa shape index (κ3) is 1.47. The van der Waals surface area contributed by atoms with Crippen molar-refractivity contribution in [2.24, 2.45) is 0 Å². The molecule has 2 aliphatic heterocycles. The van der Waals surface area contributed by atoms with Gasteiger partial charge in [0.15, 0.2) is 0 Å². The van der Waals surface area contributed by atoms with Crippen LogP contribution in [0.5, 0.6) is 0 Å². The molecule has 0 spiro atoms. The summed E-state index contributed by atoms with van der Waals surface area (Å²) in [7, 11) is 0. The smallest absolute Gasteiger partial charge is 0.0606 e. The monoisotopic (exact) mass is 203 g/mol. The summed E-state index contributed by atoms with van der Waals surface area (Å²) in [5, 5.41) is 7.03. The molecule has 1 fully saturated rings. The van der Waals surface area contributed by atoms with Crippen LogP contribution in [0.3, 0.4) is 0 Å². The van der Waals surface area contributed by atoms with Crippen LogP contribution in [0.15, 0.2) is 24.3 Å². The second kappa shape index (κ2) is 3.42. The number of benzene rings is 1. The highest BCUT2D eigenvalue weighted by molar-refractivity contribution is 5.73.